The van der Waals surface area contributed by atoms with Crippen LogP contribution in [0.2, 0.25) is 0 Å². The first kappa shape index (κ1) is 38.8. The van der Waals surface area contributed by atoms with Crippen LogP contribution in [0.5, 0.6) is 0 Å². The number of rotatable bonds is 4. The Bertz CT molecular complexity index is 3410. The molecule has 0 unspecified atom stereocenters. The second-order valence-corrected chi connectivity index (χ2v) is 19.6. The number of hydrogen-bond acceptors (Lipinski definition) is 2. The van der Waals surface area contributed by atoms with E-state index in [-0.39, 0.29) is 10.8 Å². The number of para-hydroxylation sites is 4. The summed E-state index contributed by atoms with van der Waals surface area (Å²) < 4.78 is 0. The van der Waals surface area contributed by atoms with E-state index in [1.165, 1.54) is 111 Å². The van der Waals surface area contributed by atoms with Gasteiger partial charge in [0.05, 0.1) is 22.7 Å². The van der Waals surface area contributed by atoms with Crippen molar-refractivity contribution in [1.82, 2.24) is 0 Å². The Balaban J connectivity index is 1.16. The smallest absolute Gasteiger partial charge is 0.0502 e. The van der Waals surface area contributed by atoms with Crippen LogP contribution in [0.25, 0.3) is 60.6 Å². The third-order valence-electron chi connectivity index (χ3n) is 15.2. The van der Waals surface area contributed by atoms with Crippen molar-refractivity contribution in [3.8, 4) is 22.3 Å². The second kappa shape index (κ2) is 14.4. The molecule has 13 rings (SSSR count). The van der Waals surface area contributed by atoms with Crippen molar-refractivity contribution in [2.45, 2.75) is 51.4 Å². The Morgan fingerprint density at radius 1 is 0.379 bits per heavy atom. The van der Waals surface area contributed by atoms with E-state index in [9.17, 15) is 0 Å². The summed E-state index contributed by atoms with van der Waals surface area (Å²) in [6.45, 7) is 9.46. The molecular weight excluding hydrogens is 797 g/mol. The molecule has 0 radical (unpaired) electrons. The predicted molar refractivity (Wildman–Crippen MR) is 281 cm³/mol. The van der Waals surface area contributed by atoms with E-state index in [0.717, 1.165) is 24.2 Å². The highest BCUT2D eigenvalue weighted by Gasteiger charge is 2.38. The fraction of sp³-hybridized carbons (Fsp3) is 0.125. The van der Waals surface area contributed by atoms with Crippen molar-refractivity contribution >= 4 is 72.5 Å². The Hall–Kier alpha value is -7.68. The second-order valence-electron chi connectivity index (χ2n) is 19.6. The van der Waals surface area contributed by atoms with Crippen LogP contribution < -0.4 is 9.80 Å². The maximum Gasteiger partial charge on any atom is 0.0502 e. The molecule has 3 aliphatic rings. The largest absolute Gasteiger partial charge is 0.310 e. The van der Waals surface area contributed by atoms with Gasteiger partial charge < -0.3 is 9.80 Å². The molecule has 0 saturated carbocycles. The average Bonchev–Trinajstić information content (AvgIpc) is 3.35. The van der Waals surface area contributed by atoms with Gasteiger partial charge in [0.15, 0.2) is 0 Å². The standard InChI is InChI=1S/C64H50N2/c1-63(2)53-21-9-13-25-57(53)65(58-26-14-10-22-54(58)63)47-33-35-49-51(39-47)62(46-32-30-42-18-6-8-20-44(42)38-46)52-40-48(34-36-50(52)61(49)45-31-29-41-17-5-7-19-43(41)37-45)66-59-27-15-11-23-55(59)64(3,4)56-24-12-16-28-60(56)66/h5-6,8-18,20-40H,7,19H2,1-4H3. The maximum absolute atomic E-state index is 2.51. The summed E-state index contributed by atoms with van der Waals surface area (Å²) in [5.74, 6) is 0. The quantitative estimate of drug-likeness (QED) is 0.163. The van der Waals surface area contributed by atoms with E-state index in [1.807, 2.05) is 0 Å². The highest BCUT2D eigenvalue weighted by atomic mass is 15.2. The van der Waals surface area contributed by atoms with Gasteiger partial charge in [-0.05, 0) is 155 Å². The van der Waals surface area contributed by atoms with Crippen molar-refractivity contribution in [3.63, 3.8) is 0 Å². The van der Waals surface area contributed by atoms with E-state index in [0.29, 0.717) is 0 Å². The molecule has 10 aromatic carbocycles. The average molecular weight is 847 g/mol. The van der Waals surface area contributed by atoms with E-state index in [2.05, 4.69) is 244 Å². The molecule has 2 heterocycles. The molecule has 0 N–H and O–H groups in total. The molecule has 316 valence electrons. The van der Waals surface area contributed by atoms with Gasteiger partial charge in [-0.15, -0.1) is 0 Å². The normalized spacial score (nSPS) is 15.3. The third kappa shape index (κ3) is 5.67. The topological polar surface area (TPSA) is 6.48 Å². The lowest BCUT2D eigenvalue weighted by Crippen LogP contribution is -2.30. The Kier molecular flexibility index (Phi) is 8.46. The first-order valence-corrected chi connectivity index (χ1v) is 23.6. The number of nitrogens with zero attached hydrogens (tertiary/aromatic N) is 2. The van der Waals surface area contributed by atoms with Crippen LogP contribution in [0.4, 0.5) is 34.1 Å². The highest BCUT2D eigenvalue weighted by molar-refractivity contribution is 6.23. The molecule has 0 spiro atoms. The van der Waals surface area contributed by atoms with Crippen LogP contribution in [0.1, 0.15) is 67.5 Å². The van der Waals surface area contributed by atoms with Crippen molar-refractivity contribution in [1.29, 1.82) is 0 Å². The predicted octanol–water partition coefficient (Wildman–Crippen LogP) is 17.7. The SMILES string of the molecule is CC1(C)c2ccccc2N(c2ccc3c(-c4ccc5c(c4)CCC=C5)c4ccc(N5c6ccccc6C(C)(C)c6ccccc65)cc4c(-c4ccc5ccccc5c4)c3c2)c2ccccc21. The first-order valence-electron chi connectivity index (χ1n) is 23.6. The molecule has 0 aromatic heterocycles. The van der Waals surface area contributed by atoms with Crippen molar-refractivity contribution in [2.24, 2.45) is 0 Å². The Morgan fingerprint density at radius 3 is 1.35 bits per heavy atom. The van der Waals surface area contributed by atoms with E-state index < -0.39 is 0 Å². The van der Waals surface area contributed by atoms with E-state index in [1.54, 1.807) is 0 Å². The number of hydrogen-bond donors (Lipinski definition) is 0. The molecule has 10 aromatic rings. The molecule has 0 saturated heterocycles. The van der Waals surface area contributed by atoms with Gasteiger partial charge in [0.25, 0.3) is 0 Å². The van der Waals surface area contributed by atoms with Crippen LogP contribution in [0.15, 0.2) is 200 Å². The fourth-order valence-electron chi connectivity index (χ4n) is 11.9. The lowest BCUT2D eigenvalue weighted by Gasteiger charge is -2.42. The van der Waals surface area contributed by atoms with Gasteiger partial charge in [-0.3, -0.25) is 0 Å². The minimum absolute atomic E-state index is 0.154. The van der Waals surface area contributed by atoms with Crippen LogP contribution in [0.3, 0.4) is 0 Å². The van der Waals surface area contributed by atoms with Gasteiger partial charge >= 0.3 is 0 Å². The van der Waals surface area contributed by atoms with Crippen molar-refractivity contribution < 1.29 is 0 Å². The zero-order valence-corrected chi connectivity index (χ0v) is 37.9. The van der Waals surface area contributed by atoms with Crippen LogP contribution in [-0.4, -0.2) is 0 Å². The molecule has 0 amide bonds. The van der Waals surface area contributed by atoms with Crippen molar-refractivity contribution in [3.05, 3.63) is 234 Å². The molecular formula is C64H50N2. The number of allylic oxidation sites excluding steroid dienone is 1. The number of fused-ring (bicyclic) bond motifs is 8. The fourth-order valence-corrected chi connectivity index (χ4v) is 11.9. The van der Waals surface area contributed by atoms with Gasteiger partial charge in [-0.25, -0.2) is 0 Å². The molecule has 66 heavy (non-hydrogen) atoms. The molecule has 2 heteroatoms. The van der Waals surface area contributed by atoms with Gasteiger partial charge in [0.2, 0.25) is 0 Å². The molecule has 0 fully saturated rings. The maximum atomic E-state index is 2.51. The summed E-state index contributed by atoms with van der Waals surface area (Å²) >= 11 is 0. The van der Waals surface area contributed by atoms with E-state index >= 15 is 0 Å². The summed E-state index contributed by atoms with van der Waals surface area (Å²) in [4.78, 5) is 5.02. The minimum atomic E-state index is -0.154. The van der Waals surface area contributed by atoms with Gasteiger partial charge in [-0.1, -0.05) is 179 Å². The molecule has 2 aliphatic heterocycles. The number of aryl methyl sites for hydroxylation is 1. The summed E-state index contributed by atoms with van der Waals surface area (Å²) in [7, 11) is 0. The monoisotopic (exact) mass is 846 g/mol. The molecule has 2 nitrogen and oxygen atoms in total. The minimum Gasteiger partial charge on any atom is -0.310 e. The Morgan fingerprint density at radius 2 is 0.818 bits per heavy atom. The summed E-state index contributed by atoms with van der Waals surface area (Å²) in [6.07, 6.45) is 6.72. The zero-order valence-electron chi connectivity index (χ0n) is 37.9. The summed E-state index contributed by atoms with van der Waals surface area (Å²) in [5.41, 5.74) is 20.0. The van der Waals surface area contributed by atoms with Gasteiger partial charge in [0, 0.05) is 22.2 Å². The summed E-state index contributed by atoms with van der Waals surface area (Å²) in [6, 6.07) is 73.6. The molecule has 1 aliphatic carbocycles. The lowest BCUT2D eigenvalue weighted by atomic mass is 9.73. The van der Waals surface area contributed by atoms with Gasteiger partial charge in [-0.2, -0.15) is 0 Å². The van der Waals surface area contributed by atoms with Gasteiger partial charge in [0.1, 0.15) is 0 Å². The first-order chi connectivity index (χ1) is 32.3. The molecule has 0 atom stereocenters. The van der Waals surface area contributed by atoms with Crippen molar-refractivity contribution in [2.75, 3.05) is 9.80 Å². The molecule has 0 bridgehead atoms. The number of anilines is 6. The Labute approximate surface area is 387 Å². The van der Waals surface area contributed by atoms with Crippen LogP contribution in [0, 0.1) is 0 Å². The zero-order chi connectivity index (χ0) is 44.3. The third-order valence-corrected chi connectivity index (χ3v) is 15.2. The lowest BCUT2D eigenvalue weighted by molar-refractivity contribution is 0.632. The highest BCUT2D eigenvalue weighted by Crippen LogP contribution is 2.56. The van der Waals surface area contributed by atoms with Crippen LogP contribution in [-0.2, 0) is 17.3 Å². The van der Waals surface area contributed by atoms with E-state index in [4.69, 9.17) is 0 Å². The number of benzene rings is 10. The summed E-state index contributed by atoms with van der Waals surface area (Å²) in [5, 5.41) is 7.45. The van der Waals surface area contributed by atoms with Crippen LogP contribution >= 0.6 is 0 Å².